The molecular formula is C8H11NO5S. The van der Waals surface area contributed by atoms with E-state index in [1.165, 1.54) is 13.1 Å². The van der Waals surface area contributed by atoms with Gasteiger partial charge < -0.3 is 9.73 Å². The predicted molar refractivity (Wildman–Crippen MR) is 50.9 cm³/mol. The van der Waals surface area contributed by atoms with Gasteiger partial charge in [0, 0.05) is 19.9 Å². The fourth-order valence-corrected chi connectivity index (χ4v) is 1.45. The van der Waals surface area contributed by atoms with Crippen molar-refractivity contribution in [1.29, 1.82) is 0 Å². The van der Waals surface area contributed by atoms with Gasteiger partial charge in [-0.3, -0.25) is 9.35 Å². The number of aryl methyl sites for hydroxylation is 1. The Bertz CT molecular complexity index is 447. The molecule has 6 nitrogen and oxygen atoms in total. The number of hydrogen-bond donors (Lipinski definition) is 2. The van der Waals surface area contributed by atoms with Crippen molar-refractivity contribution in [1.82, 2.24) is 5.32 Å². The second-order valence-electron chi connectivity index (χ2n) is 2.87. The topological polar surface area (TPSA) is 96.6 Å². The van der Waals surface area contributed by atoms with E-state index in [-0.39, 0.29) is 18.7 Å². The van der Waals surface area contributed by atoms with Crippen molar-refractivity contribution in [3.8, 4) is 0 Å². The van der Waals surface area contributed by atoms with Crippen LogP contribution in [0.1, 0.15) is 12.2 Å². The zero-order valence-corrected chi connectivity index (χ0v) is 8.87. The van der Waals surface area contributed by atoms with Crippen molar-refractivity contribution >= 4 is 16.0 Å². The van der Waals surface area contributed by atoms with Crippen molar-refractivity contribution in [2.75, 3.05) is 7.05 Å². The zero-order chi connectivity index (χ0) is 11.5. The van der Waals surface area contributed by atoms with Crippen LogP contribution in [0.25, 0.3) is 0 Å². The van der Waals surface area contributed by atoms with Gasteiger partial charge in [0.15, 0.2) is 0 Å². The summed E-state index contributed by atoms with van der Waals surface area (Å²) < 4.78 is 34.7. The van der Waals surface area contributed by atoms with E-state index < -0.39 is 15.2 Å². The molecule has 15 heavy (non-hydrogen) atoms. The molecule has 0 saturated carbocycles. The van der Waals surface area contributed by atoms with E-state index in [1.807, 2.05) is 0 Å². The van der Waals surface area contributed by atoms with E-state index in [2.05, 4.69) is 5.32 Å². The van der Waals surface area contributed by atoms with E-state index in [4.69, 9.17) is 8.97 Å². The summed E-state index contributed by atoms with van der Waals surface area (Å²) in [5.74, 6) is 0.172. The first-order valence-corrected chi connectivity index (χ1v) is 5.64. The lowest BCUT2D eigenvalue weighted by Crippen LogP contribution is -2.17. The van der Waals surface area contributed by atoms with Gasteiger partial charge in [-0.15, -0.1) is 0 Å². The highest BCUT2D eigenvalue weighted by Gasteiger charge is 2.14. The minimum atomic E-state index is -4.29. The molecule has 1 aromatic rings. The molecule has 0 spiro atoms. The molecule has 1 amide bonds. The third-order valence-electron chi connectivity index (χ3n) is 1.77. The summed E-state index contributed by atoms with van der Waals surface area (Å²) in [5, 5.41) is 1.92. The first-order chi connectivity index (χ1) is 6.93. The molecule has 0 radical (unpaired) electrons. The molecule has 0 unspecified atom stereocenters. The van der Waals surface area contributed by atoms with Crippen molar-refractivity contribution < 1.29 is 22.2 Å². The molecule has 0 aliphatic carbocycles. The third-order valence-corrected chi connectivity index (χ3v) is 2.50. The Balaban J connectivity index is 2.66. The Morgan fingerprint density at radius 2 is 2.20 bits per heavy atom. The normalized spacial score (nSPS) is 11.3. The maximum atomic E-state index is 10.9. The van der Waals surface area contributed by atoms with Gasteiger partial charge in [0.25, 0.3) is 0 Å². The minimum absolute atomic E-state index is 0.167. The Morgan fingerprint density at radius 1 is 1.53 bits per heavy atom. The Morgan fingerprint density at radius 3 is 2.67 bits per heavy atom. The van der Waals surface area contributed by atoms with Crippen molar-refractivity contribution in [3.63, 3.8) is 0 Å². The molecule has 0 aliphatic heterocycles. The molecule has 0 saturated heterocycles. The standard InChI is InChI=1S/C8H11NO5S/c1-9-7(10)4-2-6-3-5-8(14-6)15(11,12)13/h3,5H,2,4H2,1H3,(H,9,10)(H,11,12,13). The van der Waals surface area contributed by atoms with Crippen LogP contribution in [0.3, 0.4) is 0 Å². The van der Waals surface area contributed by atoms with Crippen LogP contribution in [0.5, 0.6) is 0 Å². The van der Waals surface area contributed by atoms with E-state index in [0.717, 1.165) is 6.07 Å². The Labute approximate surface area is 87.0 Å². The average Bonchev–Trinajstić information content (AvgIpc) is 2.61. The van der Waals surface area contributed by atoms with Crippen LogP contribution >= 0.6 is 0 Å². The second kappa shape index (κ2) is 4.45. The molecule has 84 valence electrons. The van der Waals surface area contributed by atoms with E-state index in [0.29, 0.717) is 5.76 Å². The van der Waals surface area contributed by atoms with Gasteiger partial charge in [-0.2, -0.15) is 8.42 Å². The Kier molecular flexibility index (Phi) is 3.48. The SMILES string of the molecule is CNC(=O)CCc1ccc(S(=O)(=O)O)o1. The quantitative estimate of drug-likeness (QED) is 0.724. The number of rotatable bonds is 4. The maximum Gasteiger partial charge on any atom is 0.328 e. The first-order valence-electron chi connectivity index (χ1n) is 4.20. The molecule has 2 N–H and O–H groups in total. The Hall–Kier alpha value is -1.34. The zero-order valence-electron chi connectivity index (χ0n) is 8.06. The first kappa shape index (κ1) is 11.7. The molecule has 0 aromatic carbocycles. The molecule has 7 heteroatoms. The summed E-state index contributed by atoms with van der Waals surface area (Å²) in [4.78, 5) is 10.9. The minimum Gasteiger partial charge on any atom is -0.447 e. The highest BCUT2D eigenvalue weighted by molar-refractivity contribution is 7.85. The lowest BCUT2D eigenvalue weighted by molar-refractivity contribution is -0.120. The molecule has 0 fully saturated rings. The molecule has 0 atom stereocenters. The maximum absolute atomic E-state index is 10.9. The smallest absolute Gasteiger partial charge is 0.328 e. The van der Waals surface area contributed by atoms with Gasteiger partial charge in [-0.05, 0) is 12.1 Å². The number of hydrogen-bond acceptors (Lipinski definition) is 4. The molecule has 1 aromatic heterocycles. The summed E-state index contributed by atoms with van der Waals surface area (Å²) in [6, 6.07) is 2.56. The van der Waals surface area contributed by atoms with Crippen LogP contribution in [0.15, 0.2) is 21.6 Å². The lowest BCUT2D eigenvalue weighted by Gasteiger charge is -1.96. The van der Waals surface area contributed by atoms with Crippen molar-refractivity contribution in [2.45, 2.75) is 17.9 Å². The molecule has 0 aliphatic rings. The van der Waals surface area contributed by atoms with Crippen LogP contribution in [-0.4, -0.2) is 25.9 Å². The molecule has 1 rings (SSSR count). The largest absolute Gasteiger partial charge is 0.447 e. The number of nitrogens with one attached hydrogen (secondary N) is 1. The number of amides is 1. The number of furan rings is 1. The van der Waals surface area contributed by atoms with Gasteiger partial charge in [-0.1, -0.05) is 0 Å². The van der Waals surface area contributed by atoms with Crippen LogP contribution in [0.4, 0.5) is 0 Å². The lowest BCUT2D eigenvalue weighted by atomic mass is 10.2. The van der Waals surface area contributed by atoms with Crippen LogP contribution in [0.2, 0.25) is 0 Å². The van der Waals surface area contributed by atoms with Crippen LogP contribution < -0.4 is 5.32 Å². The van der Waals surface area contributed by atoms with Gasteiger partial charge >= 0.3 is 10.1 Å². The highest BCUT2D eigenvalue weighted by Crippen LogP contribution is 2.14. The molecule has 0 bridgehead atoms. The third kappa shape index (κ3) is 3.37. The fourth-order valence-electron chi connectivity index (χ4n) is 0.993. The monoisotopic (exact) mass is 233 g/mol. The average molecular weight is 233 g/mol. The summed E-state index contributed by atoms with van der Waals surface area (Å²) in [6.07, 6.45) is 0.490. The number of carbonyl (C=O) groups is 1. The fraction of sp³-hybridized carbons (Fsp3) is 0.375. The molecule has 1 heterocycles. The highest BCUT2D eigenvalue weighted by atomic mass is 32.2. The molecular weight excluding hydrogens is 222 g/mol. The summed E-state index contributed by atoms with van der Waals surface area (Å²) >= 11 is 0. The van der Waals surface area contributed by atoms with Gasteiger partial charge in [0.2, 0.25) is 11.0 Å². The summed E-state index contributed by atoms with van der Waals surface area (Å²) in [5.41, 5.74) is 0. The van der Waals surface area contributed by atoms with Crippen LogP contribution in [-0.2, 0) is 21.3 Å². The number of carbonyl (C=O) groups excluding carboxylic acids is 1. The van der Waals surface area contributed by atoms with Gasteiger partial charge in [0.05, 0.1) is 0 Å². The van der Waals surface area contributed by atoms with Crippen LogP contribution in [0, 0.1) is 0 Å². The summed E-state index contributed by atoms with van der Waals surface area (Å²) in [7, 11) is -2.79. The summed E-state index contributed by atoms with van der Waals surface area (Å²) in [6.45, 7) is 0. The van der Waals surface area contributed by atoms with E-state index >= 15 is 0 Å². The van der Waals surface area contributed by atoms with Gasteiger partial charge in [0.1, 0.15) is 5.76 Å². The van der Waals surface area contributed by atoms with Gasteiger partial charge in [-0.25, -0.2) is 0 Å². The van der Waals surface area contributed by atoms with E-state index in [9.17, 15) is 13.2 Å². The van der Waals surface area contributed by atoms with E-state index in [1.54, 1.807) is 0 Å². The van der Waals surface area contributed by atoms with Crippen molar-refractivity contribution in [2.24, 2.45) is 0 Å². The second-order valence-corrected chi connectivity index (χ2v) is 4.22. The van der Waals surface area contributed by atoms with Crippen molar-refractivity contribution in [3.05, 3.63) is 17.9 Å². The predicted octanol–water partition coefficient (Wildman–Crippen LogP) is 0.205.